The van der Waals surface area contributed by atoms with Gasteiger partial charge in [0.15, 0.2) is 5.11 Å². The smallest absolute Gasteiger partial charge is 0.256 e. The quantitative estimate of drug-likeness (QED) is 0.514. The number of carbonyl (C=O) groups is 1. The van der Waals surface area contributed by atoms with Crippen molar-refractivity contribution in [2.45, 2.75) is 43.0 Å². The first-order chi connectivity index (χ1) is 11.2. The second kappa shape index (κ2) is 7.96. The van der Waals surface area contributed by atoms with E-state index in [1.807, 2.05) is 13.8 Å². The van der Waals surface area contributed by atoms with Crippen molar-refractivity contribution < 1.29 is 13.2 Å². The van der Waals surface area contributed by atoms with Crippen LogP contribution in [0.3, 0.4) is 0 Å². The van der Waals surface area contributed by atoms with Crippen molar-refractivity contribution in [1.82, 2.24) is 20.5 Å². The Morgan fingerprint density at radius 1 is 1.42 bits per heavy atom. The van der Waals surface area contributed by atoms with Crippen LogP contribution in [0.25, 0.3) is 0 Å². The molecule has 0 saturated carbocycles. The van der Waals surface area contributed by atoms with Crippen molar-refractivity contribution in [3.8, 4) is 0 Å². The van der Waals surface area contributed by atoms with Gasteiger partial charge in [0.1, 0.15) is 10.3 Å². The first-order valence-corrected chi connectivity index (χ1v) is 10.4. The van der Waals surface area contributed by atoms with Gasteiger partial charge in [-0.15, -0.1) is 11.3 Å². The molecule has 0 spiro atoms. The van der Waals surface area contributed by atoms with Crippen molar-refractivity contribution in [1.29, 1.82) is 0 Å². The molecule has 1 aliphatic rings. The molecule has 1 saturated heterocycles. The maximum absolute atomic E-state index is 12.7. The van der Waals surface area contributed by atoms with Crippen LogP contribution in [0.1, 0.15) is 26.7 Å². The molecule has 1 atom stereocenters. The molecule has 1 fully saturated rings. The van der Waals surface area contributed by atoms with E-state index >= 15 is 0 Å². The highest BCUT2D eigenvalue weighted by molar-refractivity contribution is 7.91. The van der Waals surface area contributed by atoms with Gasteiger partial charge < -0.3 is 5.32 Å². The first-order valence-electron chi connectivity index (χ1n) is 7.35. The molecule has 24 heavy (non-hydrogen) atoms. The van der Waals surface area contributed by atoms with Crippen LogP contribution in [0.15, 0.2) is 16.3 Å². The third-order valence-corrected chi connectivity index (χ3v) is 7.16. The molecule has 1 aromatic heterocycles. The summed E-state index contributed by atoms with van der Waals surface area (Å²) in [5.41, 5.74) is 5.05. The number of nitrogens with one attached hydrogen (secondary N) is 3. The van der Waals surface area contributed by atoms with Crippen LogP contribution in [-0.4, -0.2) is 42.4 Å². The molecule has 1 aliphatic heterocycles. The van der Waals surface area contributed by atoms with Gasteiger partial charge in [-0.05, 0) is 51.0 Å². The molecule has 0 aliphatic carbocycles. The molecule has 7 nitrogen and oxygen atoms in total. The van der Waals surface area contributed by atoms with Gasteiger partial charge in [-0.3, -0.25) is 15.6 Å². The highest BCUT2D eigenvalue weighted by Gasteiger charge is 2.40. The summed E-state index contributed by atoms with van der Waals surface area (Å²) in [5, 5.41) is 3.19. The molecule has 2 rings (SSSR count). The molecule has 1 aromatic rings. The Morgan fingerprint density at radius 3 is 2.71 bits per heavy atom. The monoisotopic (exact) mass is 410 g/mol. The van der Waals surface area contributed by atoms with Crippen LogP contribution in [0.2, 0.25) is 4.34 Å². The lowest BCUT2D eigenvalue weighted by atomic mass is 10.2. The zero-order chi connectivity index (χ0) is 17.9. The number of hydrogen-bond donors (Lipinski definition) is 3. The Hall–Kier alpha value is -0.940. The zero-order valence-corrected chi connectivity index (χ0v) is 16.4. The minimum absolute atomic E-state index is 0.119. The molecule has 1 unspecified atom stereocenters. The number of nitrogens with zero attached hydrogens (tertiary/aromatic N) is 1. The molecule has 0 radical (unpaired) electrons. The van der Waals surface area contributed by atoms with E-state index in [0.717, 1.165) is 11.3 Å². The van der Waals surface area contributed by atoms with Crippen molar-refractivity contribution in [2.75, 3.05) is 6.54 Å². The lowest BCUT2D eigenvalue weighted by Crippen LogP contribution is -2.54. The van der Waals surface area contributed by atoms with E-state index in [1.165, 1.54) is 16.4 Å². The van der Waals surface area contributed by atoms with Gasteiger partial charge in [0, 0.05) is 12.6 Å². The average molecular weight is 411 g/mol. The number of carbonyl (C=O) groups excluding carboxylic acids is 1. The van der Waals surface area contributed by atoms with Crippen LogP contribution >= 0.6 is 35.2 Å². The van der Waals surface area contributed by atoms with Crippen molar-refractivity contribution in [3.05, 3.63) is 16.5 Å². The second-order valence-corrected chi connectivity index (χ2v) is 9.82. The Kier molecular flexibility index (Phi) is 6.43. The van der Waals surface area contributed by atoms with Crippen LogP contribution in [0.5, 0.6) is 0 Å². The largest absolute Gasteiger partial charge is 0.359 e. The Morgan fingerprint density at radius 2 is 2.12 bits per heavy atom. The van der Waals surface area contributed by atoms with Gasteiger partial charge in [0.05, 0.1) is 4.34 Å². The molecule has 2 heterocycles. The topological polar surface area (TPSA) is 90.5 Å². The normalized spacial score (nSPS) is 18.6. The summed E-state index contributed by atoms with van der Waals surface area (Å²) < 4.78 is 27.1. The highest BCUT2D eigenvalue weighted by atomic mass is 35.5. The minimum Gasteiger partial charge on any atom is -0.359 e. The predicted molar refractivity (Wildman–Crippen MR) is 98.4 cm³/mol. The molecule has 3 N–H and O–H groups in total. The Labute approximate surface area is 155 Å². The highest BCUT2D eigenvalue weighted by Crippen LogP contribution is 2.32. The van der Waals surface area contributed by atoms with Gasteiger partial charge in [-0.25, -0.2) is 8.42 Å². The third-order valence-electron chi connectivity index (χ3n) is 3.34. The molecule has 11 heteroatoms. The van der Waals surface area contributed by atoms with E-state index < -0.39 is 22.0 Å². The minimum atomic E-state index is -3.74. The standard InChI is InChI=1S/C13H19ClN4O3S3/c1-8(2)15-13(22)17-16-12(19)9-4-3-7-18(9)24(20,21)11-6-5-10(14)23-11/h5-6,8-9H,3-4,7H2,1-2H3,(H,16,19)(H2,15,17,22). The fourth-order valence-corrected chi connectivity index (χ4v) is 5.90. The number of amides is 1. The number of thiophene rings is 1. The molecular formula is C13H19ClN4O3S3. The van der Waals surface area contributed by atoms with Gasteiger partial charge in [0.2, 0.25) is 0 Å². The van der Waals surface area contributed by atoms with E-state index in [-0.39, 0.29) is 15.4 Å². The summed E-state index contributed by atoms with van der Waals surface area (Å²) in [4.78, 5) is 12.3. The number of hydrogen-bond acceptors (Lipinski definition) is 5. The van der Waals surface area contributed by atoms with E-state index in [1.54, 1.807) is 0 Å². The van der Waals surface area contributed by atoms with Crippen LogP contribution in [0, 0.1) is 0 Å². The maximum atomic E-state index is 12.7. The Bertz CT molecular complexity index is 720. The summed E-state index contributed by atoms with van der Waals surface area (Å²) in [7, 11) is -3.74. The lowest BCUT2D eigenvalue weighted by Gasteiger charge is -2.23. The van der Waals surface area contributed by atoms with Crippen LogP contribution in [0.4, 0.5) is 0 Å². The summed E-state index contributed by atoms with van der Waals surface area (Å²) in [6.07, 6.45) is 1.07. The predicted octanol–water partition coefficient (Wildman–Crippen LogP) is 1.46. The van der Waals surface area contributed by atoms with Gasteiger partial charge in [-0.1, -0.05) is 11.6 Å². The number of hydrazine groups is 1. The fraction of sp³-hybridized carbons (Fsp3) is 0.538. The first kappa shape index (κ1) is 19.4. The summed E-state index contributed by atoms with van der Waals surface area (Å²) in [6.45, 7) is 4.12. The van der Waals surface area contributed by atoms with Crippen LogP contribution in [-0.2, 0) is 14.8 Å². The van der Waals surface area contributed by atoms with E-state index in [2.05, 4.69) is 16.2 Å². The van der Waals surface area contributed by atoms with E-state index in [4.69, 9.17) is 23.8 Å². The van der Waals surface area contributed by atoms with Gasteiger partial charge >= 0.3 is 0 Å². The fourth-order valence-electron chi connectivity index (χ4n) is 2.34. The van der Waals surface area contributed by atoms with Crippen LogP contribution < -0.4 is 16.2 Å². The molecule has 0 bridgehead atoms. The van der Waals surface area contributed by atoms with E-state index in [9.17, 15) is 13.2 Å². The summed E-state index contributed by atoms with van der Waals surface area (Å²) in [5.74, 6) is -0.438. The summed E-state index contributed by atoms with van der Waals surface area (Å²) >= 11 is 11.8. The van der Waals surface area contributed by atoms with Gasteiger partial charge in [-0.2, -0.15) is 4.31 Å². The van der Waals surface area contributed by atoms with Crippen molar-refractivity contribution in [2.24, 2.45) is 0 Å². The lowest BCUT2D eigenvalue weighted by molar-refractivity contribution is -0.124. The number of halogens is 1. The van der Waals surface area contributed by atoms with Gasteiger partial charge in [0.25, 0.3) is 15.9 Å². The third kappa shape index (κ3) is 4.57. The second-order valence-electron chi connectivity index (χ2n) is 5.57. The van der Waals surface area contributed by atoms with Crippen molar-refractivity contribution >= 4 is 56.2 Å². The van der Waals surface area contributed by atoms with Crippen molar-refractivity contribution in [3.63, 3.8) is 0 Å². The Balaban J connectivity index is 2.04. The molecule has 1 amide bonds. The maximum Gasteiger partial charge on any atom is 0.256 e. The average Bonchev–Trinajstić information content (AvgIpc) is 3.13. The molecule has 0 aromatic carbocycles. The number of rotatable bonds is 4. The summed E-state index contributed by atoms with van der Waals surface area (Å²) in [6, 6.07) is 2.33. The zero-order valence-electron chi connectivity index (χ0n) is 13.2. The SMILES string of the molecule is CC(C)NC(=S)NNC(=O)C1CCCN1S(=O)(=O)c1ccc(Cl)s1. The number of thiocarbonyl (C=S) groups is 1. The molecular weight excluding hydrogens is 392 g/mol. The van der Waals surface area contributed by atoms with E-state index in [0.29, 0.717) is 23.7 Å². The number of sulfonamides is 1. The molecule has 134 valence electrons.